The van der Waals surface area contributed by atoms with Crippen molar-refractivity contribution in [2.75, 3.05) is 18.0 Å². The van der Waals surface area contributed by atoms with E-state index < -0.39 is 0 Å². The second-order valence-corrected chi connectivity index (χ2v) is 8.93. The minimum absolute atomic E-state index is 0.0768. The maximum Gasteiger partial charge on any atom is 0.253 e. The molecule has 0 unspecified atom stereocenters. The number of imidazole rings is 1. The average Bonchev–Trinajstić information content (AvgIpc) is 3.62. The van der Waals surface area contributed by atoms with Gasteiger partial charge in [0.25, 0.3) is 5.91 Å². The molecule has 1 aliphatic heterocycles. The number of carbonyl (C=O) groups is 1. The van der Waals surface area contributed by atoms with Crippen molar-refractivity contribution >= 4 is 22.9 Å². The smallest absolute Gasteiger partial charge is 0.253 e. The maximum absolute atomic E-state index is 13.5. The quantitative estimate of drug-likeness (QED) is 0.491. The Balaban J connectivity index is 1.09. The molecule has 6 rings (SSSR count). The molecule has 1 N–H and O–H groups in total. The van der Waals surface area contributed by atoms with Gasteiger partial charge in [-0.3, -0.25) is 9.78 Å². The van der Waals surface area contributed by atoms with Crippen LogP contribution in [0.5, 0.6) is 0 Å². The molecule has 0 spiro atoms. The molecule has 4 heterocycles. The molecule has 2 fully saturated rings. The normalized spacial score (nSPS) is 16.7. The van der Waals surface area contributed by atoms with E-state index >= 15 is 0 Å². The van der Waals surface area contributed by atoms with E-state index in [9.17, 15) is 9.18 Å². The lowest BCUT2D eigenvalue weighted by Crippen LogP contribution is -2.45. The number of nitrogens with one attached hydrogen (secondary N) is 1. The van der Waals surface area contributed by atoms with Crippen LogP contribution in [0.2, 0.25) is 0 Å². The molecule has 8 nitrogen and oxygen atoms in total. The van der Waals surface area contributed by atoms with Gasteiger partial charge < -0.3 is 14.8 Å². The highest BCUT2D eigenvalue weighted by Gasteiger charge is 2.28. The molecule has 1 saturated heterocycles. The summed E-state index contributed by atoms with van der Waals surface area (Å²) in [7, 11) is 0. The number of piperidine rings is 1. The predicted molar refractivity (Wildman–Crippen MR) is 126 cm³/mol. The largest absolute Gasteiger partial charge is 0.355 e. The lowest BCUT2D eigenvalue weighted by atomic mass is 10.0. The highest BCUT2D eigenvalue weighted by atomic mass is 19.1. The van der Waals surface area contributed by atoms with Crippen molar-refractivity contribution < 1.29 is 9.18 Å². The van der Waals surface area contributed by atoms with Gasteiger partial charge >= 0.3 is 0 Å². The molecule has 0 radical (unpaired) electrons. The van der Waals surface area contributed by atoms with Crippen LogP contribution in [-0.2, 0) is 0 Å². The number of rotatable bonds is 5. The highest BCUT2D eigenvalue weighted by Crippen LogP contribution is 2.37. The Morgan fingerprint density at radius 3 is 2.59 bits per heavy atom. The first-order valence-corrected chi connectivity index (χ1v) is 11.6. The lowest BCUT2D eigenvalue weighted by molar-refractivity contribution is 0.0930. The Bertz CT molecular complexity index is 1340. The Morgan fingerprint density at radius 1 is 1.00 bits per heavy atom. The number of carbonyl (C=O) groups excluding carboxylic acids is 1. The zero-order valence-corrected chi connectivity index (χ0v) is 18.6. The summed E-state index contributed by atoms with van der Waals surface area (Å²) < 4.78 is 15.6. The molecule has 2 aliphatic rings. The van der Waals surface area contributed by atoms with E-state index in [1.165, 1.54) is 25.0 Å². The first kappa shape index (κ1) is 20.7. The number of anilines is 1. The summed E-state index contributed by atoms with van der Waals surface area (Å²) in [5, 5.41) is 3.12. The molecule has 9 heteroatoms. The van der Waals surface area contributed by atoms with Crippen LogP contribution in [0.4, 0.5) is 10.2 Å². The summed E-state index contributed by atoms with van der Waals surface area (Å²) in [5.74, 6) is 0.405. The van der Waals surface area contributed by atoms with Gasteiger partial charge in [-0.05, 0) is 49.9 Å². The molecule has 34 heavy (non-hydrogen) atoms. The fraction of sp³-hybridized carbons (Fsp3) is 0.320. The first-order valence-electron chi connectivity index (χ1n) is 11.6. The van der Waals surface area contributed by atoms with E-state index in [0.717, 1.165) is 42.9 Å². The summed E-state index contributed by atoms with van der Waals surface area (Å²) in [5.41, 5.74) is 3.55. The van der Waals surface area contributed by atoms with Crippen molar-refractivity contribution in [3.8, 4) is 11.3 Å². The number of halogens is 1. The van der Waals surface area contributed by atoms with Crippen LogP contribution in [0.1, 0.15) is 42.1 Å². The predicted octanol–water partition coefficient (Wildman–Crippen LogP) is 3.76. The number of hydrogen-bond donors (Lipinski definition) is 1. The summed E-state index contributed by atoms with van der Waals surface area (Å²) in [6.45, 7) is 1.56. The summed E-state index contributed by atoms with van der Waals surface area (Å²) >= 11 is 0. The summed E-state index contributed by atoms with van der Waals surface area (Å²) in [4.78, 5) is 32.9. The summed E-state index contributed by atoms with van der Waals surface area (Å²) in [6, 6.07) is 10.3. The van der Waals surface area contributed by atoms with E-state index in [2.05, 4.69) is 34.7 Å². The molecule has 1 saturated carbocycles. The first-order chi connectivity index (χ1) is 16.7. The third-order valence-electron chi connectivity index (χ3n) is 6.56. The third-order valence-corrected chi connectivity index (χ3v) is 6.56. The number of hydrogen-bond acceptors (Lipinski definition) is 6. The maximum atomic E-state index is 13.5. The van der Waals surface area contributed by atoms with Gasteiger partial charge in [-0.25, -0.2) is 19.3 Å². The second-order valence-electron chi connectivity index (χ2n) is 8.93. The number of nitrogens with zero attached hydrogens (tertiary/aromatic N) is 6. The average molecular weight is 458 g/mol. The Kier molecular flexibility index (Phi) is 5.16. The molecule has 0 atom stereocenters. The van der Waals surface area contributed by atoms with E-state index in [4.69, 9.17) is 0 Å². The molecule has 0 bridgehead atoms. The topological polar surface area (TPSA) is 88.8 Å². The van der Waals surface area contributed by atoms with Crippen molar-refractivity contribution in [2.24, 2.45) is 0 Å². The van der Waals surface area contributed by atoms with E-state index in [-0.39, 0.29) is 17.8 Å². The van der Waals surface area contributed by atoms with Gasteiger partial charge in [-0.15, -0.1) is 0 Å². The lowest BCUT2D eigenvalue weighted by Gasteiger charge is -2.33. The standard InChI is InChI=1S/C25H24FN7O/c26-18-3-1-2-16(12-18)21-7-4-17(13-27-21)25(34)31-19-8-10-32(11-9-19)23-22-24(29-14-28-23)33(15-30-22)20-5-6-20/h1-4,7,12-15,19-20H,5-6,8-11H2,(H,31,34). The minimum atomic E-state index is -0.313. The van der Waals surface area contributed by atoms with Crippen molar-refractivity contribution in [1.29, 1.82) is 0 Å². The van der Waals surface area contributed by atoms with E-state index in [1.807, 2.05) is 6.33 Å². The van der Waals surface area contributed by atoms with Crippen LogP contribution in [0.25, 0.3) is 22.4 Å². The van der Waals surface area contributed by atoms with Crippen molar-refractivity contribution in [1.82, 2.24) is 29.8 Å². The Morgan fingerprint density at radius 2 is 1.85 bits per heavy atom. The van der Waals surface area contributed by atoms with Gasteiger partial charge in [0.1, 0.15) is 12.1 Å². The molecule has 172 valence electrons. The van der Waals surface area contributed by atoms with Crippen molar-refractivity contribution in [2.45, 2.75) is 37.8 Å². The zero-order chi connectivity index (χ0) is 23.1. The number of amides is 1. The minimum Gasteiger partial charge on any atom is -0.355 e. The van der Waals surface area contributed by atoms with E-state index in [0.29, 0.717) is 22.9 Å². The van der Waals surface area contributed by atoms with Crippen molar-refractivity contribution in [3.05, 3.63) is 66.6 Å². The monoisotopic (exact) mass is 457 g/mol. The van der Waals surface area contributed by atoms with Gasteiger partial charge in [0.15, 0.2) is 17.0 Å². The van der Waals surface area contributed by atoms with Crippen LogP contribution < -0.4 is 10.2 Å². The van der Waals surface area contributed by atoms with Gasteiger partial charge in [0.2, 0.25) is 0 Å². The van der Waals surface area contributed by atoms with Gasteiger partial charge in [-0.1, -0.05) is 12.1 Å². The fourth-order valence-electron chi connectivity index (χ4n) is 4.54. The zero-order valence-electron chi connectivity index (χ0n) is 18.6. The number of aromatic nitrogens is 5. The number of pyridine rings is 1. The van der Waals surface area contributed by atoms with Crippen molar-refractivity contribution in [3.63, 3.8) is 0 Å². The van der Waals surface area contributed by atoms with Crippen LogP contribution in [0, 0.1) is 5.82 Å². The van der Waals surface area contributed by atoms with Gasteiger partial charge in [-0.2, -0.15) is 0 Å². The summed E-state index contributed by atoms with van der Waals surface area (Å²) in [6.07, 6.45) is 9.02. The van der Waals surface area contributed by atoms with Gasteiger partial charge in [0.05, 0.1) is 17.6 Å². The fourth-order valence-corrected chi connectivity index (χ4v) is 4.54. The number of benzene rings is 1. The molecular weight excluding hydrogens is 433 g/mol. The van der Waals surface area contributed by atoms with Crippen LogP contribution in [0.15, 0.2) is 55.2 Å². The highest BCUT2D eigenvalue weighted by molar-refractivity contribution is 5.94. The molecular formula is C25H24FN7O. The Hall–Kier alpha value is -3.88. The van der Waals surface area contributed by atoms with Crippen LogP contribution in [-0.4, -0.2) is 49.5 Å². The second kappa shape index (κ2) is 8.48. The SMILES string of the molecule is O=C(NC1CCN(c2ncnc3c2ncn3C2CC2)CC1)c1ccc(-c2cccc(F)c2)nc1. The Labute approximate surface area is 195 Å². The van der Waals surface area contributed by atoms with Gasteiger partial charge in [0, 0.05) is 36.9 Å². The number of fused-ring (bicyclic) bond motifs is 1. The molecule has 4 aromatic rings. The molecule has 3 aromatic heterocycles. The molecule has 1 amide bonds. The molecule has 1 aromatic carbocycles. The van der Waals surface area contributed by atoms with Crippen LogP contribution >= 0.6 is 0 Å². The van der Waals surface area contributed by atoms with Crippen LogP contribution in [0.3, 0.4) is 0 Å². The van der Waals surface area contributed by atoms with E-state index in [1.54, 1.807) is 36.8 Å². The third kappa shape index (κ3) is 3.98. The molecule has 1 aliphatic carbocycles.